The second kappa shape index (κ2) is 20.8. The lowest BCUT2D eigenvalue weighted by Crippen LogP contribution is -2.30. The Morgan fingerprint density at radius 2 is 1.84 bits per heavy atom. The van der Waals surface area contributed by atoms with Gasteiger partial charge in [0.25, 0.3) is 0 Å². The molecule has 1 aliphatic heterocycles. The van der Waals surface area contributed by atoms with Gasteiger partial charge in [-0.05, 0) is 136 Å². The summed E-state index contributed by atoms with van der Waals surface area (Å²) in [6.45, 7) is 10.3. The van der Waals surface area contributed by atoms with Gasteiger partial charge in [0.05, 0.1) is 51.5 Å². The normalized spacial score (nSPS) is 14.4. The highest BCUT2D eigenvalue weighted by Crippen LogP contribution is 2.46. The van der Waals surface area contributed by atoms with E-state index in [1.54, 1.807) is 62.9 Å². The van der Waals surface area contributed by atoms with E-state index in [-0.39, 0.29) is 18.9 Å². The number of hydrogen-bond donors (Lipinski definition) is 1. The smallest absolute Gasteiger partial charge is 0.345 e. The highest BCUT2D eigenvalue weighted by Gasteiger charge is 2.28. The number of piperidine rings is 1. The van der Waals surface area contributed by atoms with Crippen molar-refractivity contribution in [2.24, 2.45) is 5.92 Å². The van der Waals surface area contributed by atoms with Gasteiger partial charge in [0.1, 0.15) is 23.9 Å². The first kappa shape index (κ1) is 44.9. The quantitative estimate of drug-likeness (QED) is 0.0654. The van der Waals surface area contributed by atoms with Crippen LogP contribution in [0.3, 0.4) is 0 Å². The minimum absolute atomic E-state index is 0.0829. The van der Waals surface area contributed by atoms with Crippen molar-refractivity contribution in [3.8, 4) is 51.2 Å². The lowest BCUT2D eigenvalue weighted by Gasteiger charge is -2.28. The number of halogens is 2. The summed E-state index contributed by atoms with van der Waals surface area (Å²) in [6.07, 6.45) is 10.1. The summed E-state index contributed by atoms with van der Waals surface area (Å²) < 4.78 is 43.9. The third-order valence-electron chi connectivity index (χ3n) is 11.2. The van der Waals surface area contributed by atoms with E-state index in [4.69, 9.17) is 35.5 Å². The van der Waals surface area contributed by atoms with E-state index < -0.39 is 17.9 Å². The summed E-state index contributed by atoms with van der Waals surface area (Å²) in [7, 11) is 3.74. The third-order valence-corrected chi connectivity index (χ3v) is 12.4. The van der Waals surface area contributed by atoms with Crippen LogP contribution in [0.2, 0.25) is 5.02 Å². The molecule has 1 fully saturated rings. The van der Waals surface area contributed by atoms with Crippen LogP contribution in [-0.4, -0.2) is 75.3 Å². The number of ether oxygens (including phenoxy) is 4. The number of aliphatic carboxylic acids is 1. The molecule has 4 heterocycles. The number of aromatic nitrogens is 4. The molecule has 0 aliphatic carbocycles. The number of likely N-dealkylation sites (tertiary alicyclic amines) is 1. The van der Waals surface area contributed by atoms with Crippen molar-refractivity contribution in [3.05, 3.63) is 137 Å². The number of para-hydroxylation sites is 1. The molecule has 7 rings (SSSR count). The number of pyridine rings is 1. The van der Waals surface area contributed by atoms with Crippen molar-refractivity contribution < 1.29 is 33.2 Å². The van der Waals surface area contributed by atoms with Gasteiger partial charge in [-0.15, -0.1) is 0 Å². The van der Waals surface area contributed by atoms with Crippen molar-refractivity contribution in [1.82, 2.24) is 24.2 Å². The summed E-state index contributed by atoms with van der Waals surface area (Å²) in [4.78, 5) is 29.3. The zero-order chi connectivity index (χ0) is 44.5. The van der Waals surface area contributed by atoms with Crippen LogP contribution < -0.4 is 14.2 Å². The molecule has 0 amide bonds. The van der Waals surface area contributed by atoms with E-state index >= 15 is 0 Å². The fourth-order valence-corrected chi connectivity index (χ4v) is 8.46. The number of rotatable bonds is 18. The van der Waals surface area contributed by atoms with E-state index in [0.29, 0.717) is 84.4 Å². The predicted molar refractivity (Wildman–Crippen MR) is 246 cm³/mol. The average molecular weight is 890 g/mol. The van der Waals surface area contributed by atoms with Crippen LogP contribution in [0.1, 0.15) is 43.9 Å². The Morgan fingerprint density at radius 3 is 2.59 bits per heavy atom. The largest absolute Gasteiger partial charge is 0.496 e. The van der Waals surface area contributed by atoms with E-state index in [0.717, 1.165) is 55.0 Å². The minimum Gasteiger partial charge on any atom is -0.496 e. The maximum absolute atomic E-state index is 14.2. The molecule has 0 spiro atoms. The molecule has 0 bridgehead atoms. The Hall–Kier alpha value is -6.15. The number of allylic oxidation sites excluding steroid dienone is 4. The summed E-state index contributed by atoms with van der Waals surface area (Å²) in [5, 5.41) is 11.6. The molecule has 11 nitrogen and oxygen atoms in total. The predicted octanol–water partition coefficient (Wildman–Crippen LogP) is 11.2. The Kier molecular flexibility index (Phi) is 14.8. The number of fused-ring (bicyclic) bond motifs is 1. The number of benzene rings is 3. The lowest BCUT2D eigenvalue weighted by atomic mass is 9.93. The van der Waals surface area contributed by atoms with Crippen LogP contribution in [0.25, 0.3) is 43.9 Å². The van der Waals surface area contributed by atoms with Crippen LogP contribution in [0.15, 0.2) is 115 Å². The number of nitrogens with zero attached hydrogens (tertiary/aromatic N) is 5. The van der Waals surface area contributed by atoms with Crippen LogP contribution in [0.4, 0.5) is 4.39 Å². The van der Waals surface area contributed by atoms with Crippen molar-refractivity contribution in [2.75, 3.05) is 33.9 Å². The summed E-state index contributed by atoms with van der Waals surface area (Å²) in [6, 6.07) is 19.0. The second-order valence-corrected chi connectivity index (χ2v) is 16.5. The van der Waals surface area contributed by atoms with Crippen molar-refractivity contribution >= 4 is 39.2 Å². The molecular weight excluding hydrogens is 841 g/mol. The highest BCUT2D eigenvalue weighted by molar-refractivity contribution is 7.13. The van der Waals surface area contributed by atoms with Crippen LogP contribution >= 0.6 is 23.1 Å². The lowest BCUT2D eigenvalue weighted by molar-refractivity contribution is -0.145. The van der Waals surface area contributed by atoms with Crippen LogP contribution in [-0.2, 0) is 16.1 Å². The molecule has 3 aromatic heterocycles. The van der Waals surface area contributed by atoms with Gasteiger partial charge >= 0.3 is 5.97 Å². The summed E-state index contributed by atoms with van der Waals surface area (Å²) >= 11 is 8.21. The van der Waals surface area contributed by atoms with Crippen molar-refractivity contribution in [1.29, 1.82) is 0 Å². The van der Waals surface area contributed by atoms with Gasteiger partial charge in [-0.1, -0.05) is 54.6 Å². The topological polar surface area (TPSA) is 129 Å². The molecule has 0 radical (unpaired) electrons. The highest BCUT2D eigenvalue weighted by atomic mass is 35.5. The molecule has 63 heavy (non-hydrogen) atoms. The van der Waals surface area contributed by atoms with E-state index in [9.17, 15) is 14.3 Å². The number of methoxy groups -OCH3 is 1. The van der Waals surface area contributed by atoms with Gasteiger partial charge in [-0.3, -0.25) is 4.98 Å². The molecular formula is C49H49ClFN5O6S. The molecule has 0 saturated carbocycles. The van der Waals surface area contributed by atoms with Crippen molar-refractivity contribution in [3.63, 3.8) is 0 Å². The van der Waals surface area contributed by atoms with E-state index in [1.807, 2.05) is 43.3 Å². The number of hydrogen-bond acceptors (Lipinski definition) is 11. The molecule has 1 N–H and O–H groups in total. The van der Waals surface area contributed by atoms with Gasteiger partial charge in [0, 0.05) is 29.9 Å². The second-order valence-electron chi connectivity index (χ2n) is 15.3. The first-order chi connectivity index (χ1) is 30.5. The minimum atomic E-state index is -1.39. The number of carboxylic acids is 1. The zero-order valence-corrected chi connectivity index (χ0v) is 37.2. The molecule has 1 atom stereocenters. The van der Waals surface area contributed by atoms with Crippen molar-refractivity contribution in [2.45, 2.75) is 52.2 Å². The van der Waals surface area contributed by atoms with Gasteiger partial charge in [0.15, 0.2) is 5.82 Å². The summed E-state index contributed by atoms with van der Waals surface area (Å²) in [5.74, 6) is 1.26. The number of carboxylic acid groups (broad SMARTS) is 1. The van der Waals surface area contributed by atoms with Crippen LogP contribution in [0.5, 0.6) is 17.4 Å². The monoisotopic (exact) mass is 889 g/mol. The Bertz CT molecular complexity index is 2640. The molecule has 1 saturated heterocycles. The van der Waals surface area contributed by atoms with Gasteiger partial charge < -0.3 is 29.0 Å². The molecule has 3 aromatic carbocycles. The van der Waals surface area contributed by atoms with E-state index in [2.05, 4.69) is 32.9 Å². The van der Waals surface area contributed by atoms with Gasteiger partial charge in [-0.25, -0.2) is 19.2 Å². The average Bonchev–Trinajstić information content (AvgIpc) is 3.71. The third kappa shape index (κ3) is 10.7. The molecule has 14 heteroatoms. The molecule has 0 unspecified atom stereocenters. The molecule has 6 aromatic rings. The maximum Gasteiger partial charge on any atom is 0.345 e. The van der Waals surface area contributed by atoms with E-state index in [1.165, 1.54) is 12.1 Å². The molecule has 326 valence electrons. The number of carbonyl (C=O) groups is 1. The zero-order valence-electron chi connectivity index (χ0n) is 35.6. The first-order valence-electron chi connectivity index (χ1n) is 20.7. The fourth-order valence-electron chi connectivity index (χ4n) is 7.55. The SMILES string of the molecule is C=C/C=C\C(C[C@@H](Oc1nsc2cnc(-c3ccc(F)cc3)c(-c3ccc(OCCC4CCN(C)CC4)c(Cl)c3C)c12)C(=O)O)=C(/C)OCc1ccnc(-c2ccccc2OC)n1. The fraction of sp³-hybridized carbons (Fsp3) is 0.286. The van der Waals surface area contributed by atoms with Gasteiger partial charge in [-0.2, -0.15) is 4.37 Å². The van der Waals surface area contributed by atoms with Gasteiger partial charge in [0.2, 0.25) is 12.0 Å². The Labute approximate surface area is 375 Å². The molecule has 1 aliphatic rings. The Balaban J connectivity index is 1.19. The van der Waals surface area contributed by atoms with Crippen LogP contribution in [0, 0.1) is 18.7 Å². The first-order valence-corrected chi connectivity index (χ1v) is 21.8. The maximum atomic E-state index is 14.2. The summed E-state index contributed by atoms with van der Waals surface area (Å²) in [5.41, 5.74) is 5.12. The standard InChI is InChI=1S/C49H49ClFN5O6S/c1-6-7-10-34(31(3)61-29-36-19-23-52-47(54-36)38-11-8-9-12-39(38)59-5)27-41(49(57)58)62-48-44-42(63-55-48)28-53-46(33-13-15-35(51)16-14-33)43(44)37-17-18-40(45(50)30(37)2)60-26-22-32-20-24-56(4)25-21-32/h6-19,23,28,32,41H,1,20-22,24-27,29H2,2-5H3,(H,57,58)/b10-7-,34-31-/t41-/m1/s1. The Morgan fingerprint density at radius 1 is 1.06 bits per heavy atom.